The summed E-state index contributed by atoms with van der Waals surface area (Å²) in [6.45, 7) is 11.1. The Balaban J connectivity index is 0.000000872. The molecule has 1 aromatic heterocycles. The van der Waals surface area contributed by atoms with E-state index in [-0.39, 0.29) is 5.41 Å². The molecule has 2 heteroatoms. The van der Waals surface area contributed by atoms with Gasteiger partial charge in [-0.25, -0.2) is 4.98 Å². The zero-order valence-electron chi connectivity index (χ0n) is 17.7. The second-order valence-electron chi connectivity index (χ2n) is 8.40. The lowest BCUT2D eigenvalue weighted by molar-refractivity contribution is 0.383. The molecule has 2 unspecified atom stereocenters. The summed E-state index contributed by atoms with van der Waals surface area (Å²) in [4.78, 5) is 5.11. The first-order valence-electron chi connectivity index (χ1n) is 10.6. The lowest BCUT2D eigenvalue weighted by Gasteiger charge is -2.32. The summed E-state index contributed by atoms with van der Waals surface area (Å²) in [5, 5.41) is 0. The normalized spacial score (nSPS) is 22.7. The van der Waals surface area contributed by atoms with Crippen molar-refractivity contribution in [3.8, 4) is 11.4 Å². The molecule has 2 atom stereocenters. The van der Waals surface area contributed by atoms with Gasteiger partial charge in [0.1, 0.15) is 5.82 Å². The highest BCUT2D eigenvalue weighted by Gasteiger charge is 2.38. The molecule has 3 aromatic rings. The monoisotopic (exact) mass is 360 g/mol. The molecular weight excluding hydrogens is 328 g/mol. The highest BCUT2D eigenvalue weighted by molar-refractivity contribution is 5.84. The number of nitrogens with zero attached hydrogens (tertiary/aromatic N) is 2. The van der Waals surface area contributed by atoms with Crippen molar-refractivity contribution in [3.05, 3.63) is 52.6 Å². The summed E-state index contributed by atoms with van der Waals surface area (Å²) in [6, 6.07) is 11.6. The van der Waals surface area contributed by atoms with Gasteiger partial charge in [0.05, 0.1) is 11.0 Å². The SMILES string of the molecule is CC.CCC1CC2(C)CCc3cc4c(cc32)nc(n4C)-c2c(C)cccc21. The minimum Gasteiger partial charge on any atom is -0.327 e. The van der Waals surface area contributed by atoms with Gasteiger partial charge in [0.15, 0.2) is 0 Å². The lowest BCUT2D eigenvalue weighted by Crippen LogP contribution is -2.22. The van der Waals surface area contributed by atoms with Crippen molar-refractivity contribution in [2.45, 2.75) is 71.6 Å². The average molecular weight is 361 g/mol. The van der Waals surface area contributed by atoms with Crippen molar-refractivity contribution in [2.24, 2.45) is 7.05 Å². The quantitative estimate of drug-likeness (QED) is 0.473. The molecule has 0 N–H and O–H groups in total. The van der Waals surface area contributed by atoms with E-state index in [1.54, 1.807) is 11.1 Å². The zero-order valence-corrected chi connectivity index (χ0v) is 17.7. The molecule has 142 valence electrons. The number of aromatic nitrogens is 2. The Bertz CT molecular complexity index is 1010. The van der Waals surface area contributed by atoms with Crippen LogP contribution in [0.3, 0.4) is 0 Å². The number of benzene rings is 2. The lowest BCUT2D eigenvalue weighted by atomic mass is 9.72. The molecule has 0 saturated carbocycles. The van der Waals surface area contributed by atoms with Gasteiger partial charge in [-0.3, -0.25) is 0 Å². The number of hydrogen-bond donors (Lipinski definition) is 0. The molecule has 0 amide bonds. The van der Waals surface area contributed by atoms with E-state index >= 15 is 0 Å². The summed E-state index contributed by atoms with van der Waals surface area (Å²) in [6.07, 6.45) is 4.90. The fourth-order valence-electron chi connectivity index (χ4n) is 5.39. The maximum absolute atomic E-state index is 5.11. The van der Waals surface area contributed by atoms with Crippen LogP contribution in [-0.2, 0) is 18.9 Å². The van der Waals surface area contributed by atoms with Crippen LogP contribution in [-0.4, -0.2) is 9.55 Å². The molecular formula is C25H32N2. The Hall–Kier alpha value is -2.09. The van der Waals surface area contributed by atoms with E-state index in [0.717, 1.165) is 11.3 Å². The van der Waals surface area contributed by atoms with Crippen molar-refractivity contribution in [1.29, 1.82) is 0 Å². The molecule has 5 rings (SSSR count). The van der Waals surface area contributed by atoms with E-state index in [4.69, 9.17) is 4.98 Å². The fraction of sp³-hybridized carbons (Fsp3) is 0.480. The summed E-state index contributed by atoms with van der Waals surface area (Å²) in [5.74, 6) is 1.72. The first kappa shape index (κ1) is 18.3. The molecule has 1 aliphatic heterocycles. The van der Waals surface area contributed by atoms with Crippen LogP contribution < -0.4 is 0 Å². The van der Waals surface area contributed by atoms with Crippen molar-refractivity contribution in [2.75, 3.05) is 0 Å². The Morgan fingerprint density at radius 1 is 1.22 bits per heavy atom. The molecule has 2 heterocycles. The van der Waals surface area contributed by atoms with Gasteiger partial charge >= 0.3 is 0 Å². The first-order chi connectivity index (χ1) is 13.0. The Labute approximate surface area is 163 Å². The highest BCUT2D eigenvalue weighted by atomic mass is 15.1. The predicted molar refractivity (Wildman–Crippen MR) is 116 cm³/mol. The topological polar surface area (TPSA) is 17.8 Å². The first-order valence-corrected chi connectivity index (χ1v) is 10.6. The van der Waals surface area contributed by atoms with Gasteiger partial charge in [0.25, 0.3) is 0 Å². The van der Waals surface area contributed by atoms with Crippen molar-refractivity contribution in [3.63, 3.8) is 0 Å². The van der Waals surface area contributed by atoms with Crippen molar-refractivity contribution >= 4 is 11.0 Å². The van der Waals surface area contributed by atoms with Crippen LogP contribution in [0.1, 0.15) is 75.1 Å². The maximum Gasteiger partial charge on any atom is 0.141 e. The second-order valence-corrected chi connectivity index (χ2v) is 8.40. The molecule has 0 radical (unpaired) electrons. The largest absolute Gasteiger partial charge is 0.327 e. The number of fused-ring (bicyclic) bond motifs is 3. The van der Waals surface area contributed by atoms with Gasteiger partial charge in [-0.1, -0.05) is 45.9 Å². The van der Waals surface area contributed by atoms with Gasteiger partial charge in [0, 0.05) is 12.6 Å². The molecule has 2 nitrogen and oxygen atoms in total. The minimum absolute atomic E-state index is 0.278. The van der Waals surface area contributed by atoms with Gasteiger partial charge in [-0.15, -0.1) is 0 Å². The molecule has 0 spiro atoms. The molecule has 0 saturated heterocycles. The van der Waals surface area contributed by atoms with Gasteiger partial charge in [0.2, 0.25) is 0 Å². The third kappa shape index (κ3) is 2.56. The van der Waals surface area contributed by atoms with E-state index in [1.807, 2.05) is 13.8 Å². The number of hydrogen-bond acceptors (Lipinski definition) is 1. The third-order valence-electron chi connectivity index (χ3n) is 6.86. The van der Waals surface area contributed by atoms with Crippen LogP contribution in [0, 0.1) is 6.92 Å². The Morgan fingerprint density at radius 3 is 2.74 bits per heavy atom. The Morgan fingerprint density at radius 2 is 2.00 bits per heavy atom. The Kier molecular flexibility index (Phi) is 4.41. The number of rotatable bonds is 1. The standard InChI is InChI=1S/C23H26N2.C2H6/c1-5-15-13-23(3)10-9-16-11-20-19(12-18(16)23)24-22(25(20)4)21-14(2)7-6-8-17(15)21;1-2/h6-8,11-12,15H,5,9-10,13H2,1-4H3;1-2H3. The van der Waals surface area contributed by atoms with E-state index in [9.17, 15) is 0 Å². The smallest absolute Gasteiger partial charge is 0.141 e. The maximum atomic E-state index is 5.11. The fourth-order valence-corrected chi connectivity index (χ4v) is 5.39. The van der Waals surface area contributed by atoms with Crippen LogP contribution in [0.15, 0.2) is 30.3 Å². The minimum atomic E-state index is 0.278. The molecule has 2 aromatic carbocycles. The van der Waals surface area contributed by atoms with Crippen LogP contribution in [0.5, 0.6) is 0 Å². The summed E-state index contributed by atoms with van der Waals surface area (Å²) >= 11 is 0. The van der Waals surface area contributed by atoms with E-state index < -0.39 is 0 Å². The molecule has 27 heavy (non-hydrogen) atoms. The summed E-state index contributed by atoms with van der Waals surface area (Å²) in [5.41, 5.74) is 10.0. The molecule has 1 aliphatic carbocycles. The molecule has 3 bridgehead atoms. The average Bonchev–Trinajstić information content (AvgIpc) is 3.17. The van der Waals surface area contributed by atoms with Crippen molar-refractivity contribution < 1.29 is 0 Å². The van der Waals surface area contributed by atoms with E-state index in [2.05, 4.69) is 62.7 Å². The van der Waals surface area contributed by atoms with Crippen LogP contribution in [0.2, 0.25) is 0 Å². The van der Waals surface area contributed by atoms with Crippen molar-refractivity contribution in [1.82, 2.24) is 9.55 Å². The van der Waals surface area contributed by atoms with Crippen LogP contribution in [0.4, 0.5) is 0 Å². The van der Waals surface area contributed by atoms with Gasteiger partial charge < -0.3 is 4.57 Å². The zero-order chi connectivity index (χ0) is 19.3. The number of aryl methyl sites for hydroxylation is 3. The molecule has 0 fully saturated rings. The van der Waals surface area contributed by atoms with E-state index in [0.29, 0.717) is 5.92 Å². The van der Waals surface area contributed by atoms with E-state index in [1.165, 1.54) is 47.9 Å². The second kappa shape index (κ2) is 6.51. The summed E-state index contributed by atoms with van der Waals surface area (Å²) < 4.78 is 2.31. The number of imidazole rings is 1. The molecule has 2 aliphatic rings. The predicted octanol–water partition coefficient (Wildman–Crippen LogP) is 6.68. The highest BCUT2D eigenvalue weighted by Crippen LogP contribution is 2.49. The third-order valence-corrected chi connectivity index (χ3v) is 6.86. The van der Waals surface area contributed by atoms with Gasteiger partial charge in [-0.2, -0.15) is 0 Å². The van der Waals surface area contributed by atoms with Crippen LogP contribution in [0.25, 0.3) is 22.4 Å². The van der Waals surface area contributed by atoms with Crippen LogP contribution >= 0.6 is 0 Å². The summed E-state index contributed by atoms with van der Waals surface area (Å²) in [7, 11) is 2.18. The van der Waals surface area contributed by atoms with Gasteiger partial charge in [-0.05, 0) is 78.3 Å².